The predicted molar refractivity (Wildman–Crippen MR) is 85.1 cm³/mol. The molecule has 2 heterocycles. The van der Waals surface area contributed by atoms with E-state index in [1.165, 1.54) is 12.1 Å². The molecule has 0 aliphatic carbocycles. The van der Waals surface area contributed by atoms with Crippen molar-refractivity contribution in [2.45, 2.75) is 6.54 Å². The number of rotatable bonds is 3. The van der Waals surface area contributed by atoms with Gasteiger partial charge in [-0.25, -0.2) is 13.9 Å². The summed E-state index contributed by atoms with van der Waals surface area (Å²) in [4.78, 5) is 4.49. The lowest BCUT2D eigenvalue weighted by atomic mass is 10.2. The minimum atomic E-state index is -0.218. The van der Waals surface area contributed by atoms with Crippen LogP contribution in [0.4, 0.5) is 4.39 Å². The average molecular weight is 305 g/mol. The van der Waals surface area contributed by atoms with E-state index in [-0.39, 0.29) is 5.82 Å². The van der Waals surface area contributed by atoms with E-state index < -0.39 is 0 Å². The number of hydrogen-bond acceptors (Lipinski definition) is 2. The third-order valence-electron chi connectivity index (χ3n) is 3.71. The van der Waals surface area contributed by atoms with Crippen LogP contribution in [0.2, 0.25) is 0 Å². The number of para-hydroxylation sites is 2. The smallest absolute Gasteiger partial charge is 0.227 e. The Morgan fingerprint density at radius 2 is 1.65 bits per heavy atom. The Morgan fingerprint density at radius 1 is 0.913 bits per heavy atom. The van der Waals surface area contributed by atoms with Crippen molar-refractivity contribution in [3.63, 3.8) is 0 Å². The number of benzene rings is 2. The lowest BCUT2D eigenvalue weighted by Crippen LogP contribution is -2.32. The zero-order chi connectivity index (χ0) is 15.6. The van der Waals surface area contributed by atoms with E-state index in [0.717, 1.165) is 22.2 Å². The first-order valence-corrected chi connectivity index (χ1v) is 7.37. The van der Waals surface area contributed by atoms with Crippen LogP contribution in [-0.2, 0) is 6.54 Å². The maximum absolute atomic E-state index is 12.9. The standard InChI is InChI=1S/C19H14FN2O/c20-16-7-5-14(6-8-16)13-22-11-9-15(10-12-22)19-21-17-3-1-2-4-18(17)23-19/h1-12H,13H2/q+1. The number of pyridine rings is 1. The molecule has 4 heteroatoms. The summed E-state index contributed by atoms with van der Waals surface area (Å²) in [6.45, 7) is 0.689. The van der Waals surface area contributed by atoms with Gasteiger partial charge in [0.2, 0.25) is 5.89 Å². The van der Waals surface area contributed by atoms with Gasteiger partial charge in [-0.1, -0.05) is 12.1 Å². The molecule has 112 valence electrons. The van der Waals surface area contributed by atoms with Crippen LogP contribution in [0.3, 0.4) is 0 Å². The van der Waals surface area contributed by atoms with Gasteiger partial charge in [0.15, 0.2) is 24.5 Å². The lowest BCUT2D eigenvalue weighted by molar-refractivity contribution is -0.688. The van der Waals surface area contributed by atoms with Crippen molar-refractivity contribution in [1.82, 2.24) is 4.98 Å². The fourth-order valence-electron chi connectivity index (χ4n) is 2.50. The first kappa shape index (κ1) is 13.6. The molecule has 0 amide bonds. The molecule has 0 saturated heterocycles. The number of hydrogen-bond donors (Lipinski definition) is 0. The molecular weight excluding hydrogens is 291 g/mol. The van der Waals surface area contributed by atoms with Crippen molar-refractivity contribution in [2.24, 2.45) is 0 Å². The van der Waals surface area contributed by atoms with Crippen LogP contribution in [0, 0.1) is 5.82 Å². The third kappa shape index (κ3) is 2.83. The highest BCUT2D eigenvalue weighted by Gasteiger charge is 2.10. The van der Waals surface area contributed by atoms with E-state index in [2.05, 4.69) is 4.98 Å². The molecule has 0 saturated carbocycles. The Morgan fingerprint density at radius 3 is 2.39 bits per heavy atom. The molecular formula is C19H14FN2O+. The molecule has 0 bridgehead atoms. The number of halogens is 1. The van der Waals surface area contributed by atoms with Crippen molar-refractivity contribution < 1.29 is 13.4 Å². The molecule has 0 fully saturated rings. The molecule has 0 N–H and O–H groups in total. The summed E-state index contributed by atoms with van der Waals surface area (Å²) in [6.07, 6.45) is 3.93. The zero-order valence-corrected chi connectivity index (χ0v) is 12.3. The quantitative estimate of drug-likeness (QED) is 0.536. The summed E-state index contributed by atoms with van der Waals surface area (Å²) in [5.74, 6) is 0.394. The number of nitrogens with zero attached hydrogens (tertiary/aromatic N) is 2. The maximum atomic E-state index is 12.9. The lowest BCUT2D eigenvalue weighted by Gasteiger charge is -1.99. The Labute approximate surface area is 132 Å². The normalized spacial score (nSPS) is 11.0. The van der Waals surface area contributed by atoms with E-state index in [1.807, 2.05) is 53.4 Å². The van der Waals surface area contributed by atoms with Gasteiger partial charge in [-0.2, -0.15) is 0 Å². The molecule has 4 rings (SSSR count). The molecule has 0 aliphatic rings. The summed E-state index contributed by atoms with van der Waals surface area (Å²) in [7, 11) is 0. The van der Waals surface area contributed by atoms with E-state index in [0.29, 0.717) is 12.4 Å². The van der Waals surface area contributed by atoms with Gasteiger partial charge in [0.05, 0.1) is 0 Å². The summed E-state index contributed by atoms with van der Waals surface area (Å²) in [6, 6.07) is 18.2. The number of fused-ring (bicyclic) bond motifs is 1. The Hall–Kier alpha value is -3.01. The second-order valence-corrected chi connectivity index (χ2v) is 5.37. The van der Waals surface area contributed by atoms with Crippen molar-refractivity contribution in [3.05, 3.63) is 84.4 Å². The highest BCUT2D eigenvalue weighted by atomic mass is 19.1. The Bertz CT molecular complexity index is 910. The van der Waals surface area contributed by atoms with E-state index in [4.69, 9.17) is 4.42 Å². The van der Waals surface area contributed by atoms with Crippen molar-refractivity contribution >= 4 is 11.1 Å². The highest BCUT2D eigenvalue weighted by molar-refractivity contribution is 5.75. The molecule has 0 aliphatic heterocycles. The molecule has 0 unspecified atom stereocenters. The van der Waals surface area contributed by atoms with Crippen LogP contribution < -0.4 is 4.57 Å². The SMILES string of the molecule is Fc1ccc(C[n+]2ccc(-c3nc4ccccc4o3)cc2)cc1. The fourth-order valence-corrected chi connectivity index (χ4v) is 2.50. The molecule has 3 nitrogen and oxygen atoms in total. The second kappa shape index (κ2) is 5.65. The van der Waals surface area contributed by atoms with Crippen LogP contribution >= 0.6 is 0 Å². The molecule has 0 radical (unpaired) electrons. The van der Waals surface area contributed by atoms with Crippen LogP contribution in [0.5, 0.6) is 0 Å². The van der Waals surface area contributed by atoms with E-state index in [1.54, 1.807) is 12.1 Å². The van der Waals surface area contributed by atoms with Gasteiger partial charge < -0.3 is 4.42 Å². The van der Waals surface area contributed by atoms with Crippen molar-refractivity contribution in [2.75, 3.05) is 0 Å². The minimum Gasteiger partial charge on any atom is -0.436 e. The highest BCUT2D eigenvalue weighted by Crippen LogP contribution is 2.22. The molecule has 4 aromatic rings. The number of aromatic nitrogens is 2. The monoisotopic (exact) mass is 305 g/mol. The van der Waals surface area contributed by atoms with Crippen molar-refractivity contribution in [3.8, 4) is 11.5 Å². The summed E-state index contributed by atoms with van der Waals surface area (Å²) in [5.41, 5.74) is 3.61. The first-order chi connectivity index (χ1) is 11.3. The molecule has 0 atom stereocenters. The first-order valence-electron chi connectivity index (χ1n) is 7.37. The minimum absolute atomic E-state index is 0.218. The average Bonchev–Trinajstić information content (AvgIpc) is 3.02. The van der Waals surface area contributed by atoms with Gasteiger partial charge in [-0.05, 0) is 36.4 Å². The van der Waals surface area contributed by atoms with Crippen LogP contribution in [0.1, 0.15) is 5.56 Å². The molecule has 0 spiro atoms. The largest absolute Gasteiger partial charge is 0.436 e. The van der Waals surface area contributed by atoms with Gasteiger partial charge in [-0.3, -0.25) is 0 Å². The zero-order valence-electron chi connectivity index (χ0n) is 12.3. The van der Waals surface area contributed by atoms with Crippen LogP contribution in [0.25, 0.3) is 22.6 Å². The Balaban J connectivity index is 1.58. The molecule has 23 heavy (non-hydrogen) atoms. The van der Waals surface area contributed by atoms with Crippen LogP contribution in [-0.4, -0.2) is 4.98 Å². The van der Waals surface area contributed by atoms with Gasteiger partial charge >= 0.3 is 0 Å². The molecule has 2 aromatic carbocycles. The maximum Gasteiger partial charge on any atom is 0.227 e. The van der Waals surface area contributed by atoms with E-state index >= 15 is 0 Å². The fraction of sp³-hybridized carbons (Fsp3) is 0.0526. The van der Waals surface area contributed by atoms with Gasteiger partial charge in [0, 0.05) is 23.3 Å². The number of oxazole rings is 1. The second-order valence-electron chi connectivity index (χ2n) is 5.37. The summed E-state index contributed by atoms with van der Waals surface area (Å²) in [5, 5.41) is 0. The van der Waals surface area contributed by atoms with Crippen molar-refractivity contribution in [1.29, 1.82) is 0 Å². The van der Waals surface area contributed by atoms with Gasteiger partial charge in [0.25, 0.3) is 0 Å². The summed E-state index contributed by atoms with van der Waals surface area (Å²) >= 11 is 0. The Kier molecular flexibility index (Phi) is 3.35. The van der Waals surface area contributed by atoms with Crippen LogP contribution in [0.15, 0.2) is 77.5 Å². The summed E-state index contributed by atoms with van der Waals surface area (Å²) < 4.78 is 20.7. The predicted octanol–water partition coefficient (Wildman–Crippen LogP) is 3.97. The van der Waals surface area contributed by atoms with E-state index in [9.17, 15) is 4.39 Å². The van der Waals surface area contributed by atoms with Gasteiger partial charge in [0.1, 0.15) is 11.3 Å². The topological polar surface area (TPSA) is 29.9 Å². The third-order valence-corrected chi connectivity index (χ3v) is 3.71. The molecule has 2 aromatic heterocycles. The van der Waals surface area contributed by atoms with Gasteiger partial charge in [-0.15, -0.1) is 0 Å².